The maximum Gasteiger partial charge on any atom is 0.268 e. The Morgan fingerprint density at radius 3 is 2.47 bits per heavy atom. The summed E-state index contributed by atoms with van der Waals surface area (Å²) < 4.78 is 0. The number of aliphatic hydroxyl groups is 1. The number of aliphatic hydroxyl groups excluding tert-OH is 1. The molecule has 0 spiro atoms. The predicted molar refractivity (Wildman–Crippen MR) is 70.5 cm³/mol. The van der Waals surface area contributed by atoms with Crippen LogP contribution in [0.25, 0.3) is 16.9 Å². The Hall–Kier alpha value is -2.89. The number of H-pyrrole nitrogens is 1. The highest BCUT2D eigenvalue weighted by molar-refractivity contribution is 5.97. The largest absolute Gasteiger partial charge is 0.505 e. The second kappa shape index (κ2) is 4.77. The number of aromatic nitrogens is 2. The zero-order chi connectivity index (χ0) is 14.0. The van der Waals surface area contributed by atoms with Crippen LogP contribution in [0.1, 0.15) is 16.3 Å². The fraction of sp³-hybridized carbons (Fsp3) is 0. The van der Waals surface area contributed by atoms with Gasteiger partial charge in [0.15, 0.2) is 11.6 Å². The van der Waals surface area contributed by atoms with Crippen molar-refractivity contribution in [2.24, 2.45) is 5.73 Å². The average Bonchev–Trinajstić information content (AvgIpc) is 2.38. The molecule has 0 saturated carbocycles. The van der Waals surface area contributed by atoms with Crippen LogP contribution in [0, 0.1) is 0 Å². The van der Waals surface area contributed by atoms with Crippen molar-refractivity contribution in [2.75, 3.05) is 0 Å². The van der Waals surface area contributed by atoms with E-state index in [4.69, 9.17) is 5.73 Å². The van der Waals surface area contributed by atoms with Crippen molar-refractivity contribution in [3.8, 4) is 11.1 Å². The van der Waals surface area contributed by atoms with Crippen molar-refractivity contribution in [3.05, 3.63) is 58.8 Å². The summed E-state index contributed by atoms with van der Waals surface area (Å²) in [6.07, 6.45) is 0. The molecule has 0 radical (unpaired) electrons. The number of benzene rings is 1. The Morgan fingerprint density at radius 2 is 1.95 bits per heavy atom. The Labute approximate surface area is 108 Å². The number of carbonyl (C=O) groups excluding carboxylic acids is 1. The Kier molecular flexibility index (Phi) is 3.15. The molecule has 0 saturated heterocycles. The molecular formula is C13H11N3O3. The number of hydrogen-bond donors (Lipinski definition) is 3. The first kappa shape index (κ1) is 12.6. The van der Waals surface area contributed by atoms with Crippen LogP contribution >= 0.6 is 0 Å². The number of nitrogens with zero attached hydrogens (tertiary/aromatic N) is 1. The molecule has 2 aromatic rings. The van der Waals surface area contributed by atoms with E-state index < -0.39 is 17.2 Å². The first-order chi connectivity index (χ1) is 9.00. The van der Waals surface area contributed by atoms with E-state index in [1.165, 1.54) is 0 Å². The minimum Gasteiger partial charge on any atom is -0.505 e. The van der Waals surface area contributed by atoms with Gasteiger partial charge in [0, 0.05) is 0 Å². The third kappa shape index (κ3) is 2.37. The van der Waals surface area contributed by atoms with Crippen LogP contribution in [0.4, 0.5) is 0 Å². The maximum atomic E-state index is 12.0. The summed E-state index contributed by atoms with van der Waals surface area (Å²) in [4.78, 5) is 29.6. The standard InChI is InChI=1S/C13H11N3O3/c1-7(17)12-15-10(11(14)18)9(13(19)16-12)8-5-3-2-4-6-8/h2-6,17H,1H2,(H2,14,18)(H,15,16,19). The summed E-state index contributed by atoms with van der Waals surface area (Å²) in [5.74, 6) is -1.48. The summed E-state index contributed by atoms with van der Waals surface area (Å²) in [5.41, 5.74) is 5.03. The van der Waals surface area contributed by atoms with Gasteiger partial charge in [0.1, 0.15) is 5.69 Å². The lowest BCUT2D eigenvalue weighted by Gasteiger charge is -2.07. The number of aromatic amines is 1. The number of carbonyl (C=O) groups is 1. The van der Waals surface area contributed by atoms with Crippen molar-refractivity contribution in [2.45, 2.75) is 0 Å². The van der Waals surface area contributed by atoms with E-state index >= 15 is 0 Å². The van der Waals surface area contributed by atoms with Crippen molar-refractivity contribution >= 4 is 11.7 Å². The summed E-state index contributed by atoms with van der Waals surface area (Å²) >= 11 is 0. The molecule has 0 fully saturated rings. The molecule has 0 aliphatic rings. The van der Waals surface area contributed by atoms with Gasteiger partial charge in [-0.2, -0.15) is 0 Å². The normalized spacial score (nSPS) is 10.1. The molecular weight excluding hydrogens is 246 g/mol. The lowest BCUT2D eigenvalue weighted by molar-refractivity contribution is 0.0996. The van der Waals surface area contributed by atoms with Gasteiger partial charge in [-0.1, -0.05) is 36.9 Å². The zero-order valence-corrected chi connectivity index (χ0v) is 9.88. The van der Waals surface area contributed by atoms with Crippen molar-refractivity contribution in [1.29, 1.82) is 0 Å². The summed E-state index contributed by atoms with van der Waals surface area (Å²) in [6, 6.07) is 8.54. The average molecular weight is 257 g/mol. The first-order valence-corrected chi connectivity index (χ1v) is 5.38. The Bertz CT molecular complexity index is 705. The number of nitrogens with two attached hydrogens (primary N) is 1. The summed E-state index contributed by atoms with van der Waals surface area (Å²) in [7, 11) is 0. The minimum absolute atomic E-state index is 0.0677. The highest BCUT2D eigenvalue weighted by Gasteiger charge is 2.18. The molecule has 1 aromatic heterocycles. The molecule has 6 nitrogen and oxygen atoms in total. The van der Waals surface area contributed by atoms with Gasteiger partial charge in [0.05, 0.1) is 5.56 Å². The summed E-state index contributed by atoms with van der Waals surface area (Å²) in [5, 5.41) is 9.24. The van der Waals surface area contributed by atoms with Crippen LogP contribution in [0.3, 0.4) is 0 Å². The topological polar surface area (TPSA) is 109 Å². The van der Waals surface area contributed by atoms with Crippen LogP contribution in [0.2, 0.25) is 0 Å². The highest BCUT2D eigenvalue weighted by atomic mass is 16.3. The molecule has 0 unspecified atom stereocenters. The molecule has 0 aliphatic heterocycles. The van der Waals surface area contributed by atoms with Gasteiger partial charge in [-0.3, -0.25) is 9.59 Å². The van der Waals surface area contributed by atoms with Gasteiger partial charge < -0.3 is 15.8 Å². The van der Waals surface area contributed by atoms with Crippen molar-refractivity contribution < 1.29 is 9.90 Å². The molecule has 0 atom stereocenters. The van der Waals surface area contributed by atoms with E-state index in [9.17, 15) is 14.7 Å². The van der Waals surface area contributed by atoms with Gasteiger partial charge in [-0.15, -0.1) is 0 Å². The van der Waals surface area contributed by atoms with Crippen LogP contribution in [0.15, 0.2) is 41.7 Å². The number of rotatable bonds is 3. The molecule has 1 heterocycles. The number of nitrogens with one attached hydrogen (secondary N) is 1. The zero-order valence-electron chi connectivity index (χ0n) is 9.88. The Morgan fingerprint density at radius 1 is 1.32 bits per heavy atom. The molecule has 19 heavy (non-hydrogen) atoms. The third-order valence-electron chi connectivity index (χ3n) is 2.49. The molecule has 2 rings (SSSR count). The SMILES string of the molecule is C=C(O)c1nc(C(N)=O)c(-c2ccccc2)c(=O)[nH]1. The van der Waals surface area contributed by atoms with Gasteiger partial charge in [-0.05, 0) is 5.56 Å². The monoisotopic (exact) mass is 257 g/mol. The second-order valence-electron chi connectivity index (χ2n) is 3.82. The van der Waals surface area contributed by atoms with E-state index in [0.29, 0.717) is 5.56 Å². The van der Waals surface area contributed by atoms with E-state index in [1.807, 2.05) is 0 Å². The van der Waals surface area contributed by atoms with E-state index in [1.54, 1.807) is 30.3 Å². The molecule has 1 aromatic carbocycles. The van der Waals surface area contributed by atoms with E-state index in [2.05, 4.69) is 16.5 Å². The fourth-order valence-corrected chi connectivity index (χ4v) is 1.66. The van der Waals surface area contributed by atoms with Crippen LogP contribution in [0.5, 0.6) is 0 Å². The van der Waals surface area contributed by atoms with Gasteiger partial charge in [0.25, 0.3) is 11.5 Å². The van der Waals surface area contributed by atoms with Gasteiger partial charge >= 0.3 is 0 Å². The molecule has 6 heteroatoms. The third-order valence-corrected chi connectivity index (χ3v) is 2.49. The molecule has 1 amide bonds. The maximum absolute atomic E-state index is 12.0. The molecule has 0 aliphatic carbocycles. The van der Waals surface area contributed by atoms with Gasteiger partial charge in [-0.25, -0.2) is 4.98 Å². The van der Waals surface area contributed by atoms with Crippen molar-refractivity contribution in [3.63, 3.8) is 0 Å². The fourth-order valence-electron chi connectivity index (χ4n) is 1.66. The Balaban J connectivity index is 2.78. The van der Waals surface area contributed by atoms with Crippen LogP contribution in [-0.2, 0) is 0 Å². The first-order valence-electron chi connectivity index (χ1n) is 5.38. The second-order valence-corrected chi connectivity index (χ2v) is 3.82. The number of hydrogen-bond acceptors (Lipinski definition) is 4. The smallest absolute Gasteiger partial charge is 0.268 e. The lowest BCUT2D eigenvalue weighted by atomic mass is 10.1. The molecule has 4 N–H and O–H groups in total. The van der Waals surface area contributed by atoms with Crippen molar-refractivity contribution in [1.82, 2.24) is 9.97 Å². The minimum atomic E-state index is -0.854. The molecule has 96 valence electrons. The number of primary amides is 1. The highest BCUT2D eigenvalue weighted by Crippen LogP contribution is 2.18. The van der Waals surface area contributed by atoms with E-state index in [-0.39, 0.29) is 17.1 Å². The number of amides is 1. The lowest BCUT2D eigenvalue weighted by Crippen LogP contribution is -2.23. The molecule has 0 bridgehead atoms. The van der Waals surface area contributed by atoms with Crippen LogP contribution in [-0.4, -0.2) is 21.0 Å². The quantitative estimate of drug-likeness (QED) is 0.714. The summed E-state index contributed by atoms with van der Waals surface area (Å²) in [6.45, 7) is 3.24. The van der Waals surface area contributed by atoms with Crippen LogP contribution < -0.4 is 11.3 Å². The van der Waals surface area contributed by atoms with E-state index in [0.717, 1.165) is 0 Å². The predicted octanol–water partition coefficient (Wildman–Crippen LogP) is 1.06. The van der Waals surface area contributed by atoms with Gasteiger partial charge in [0.2, 0.25) is 0 Å².